The Balaban J connectivity index is 1.43. The summed E-state index contributed by atoms with van der Waals surface area (Å²) in [5.41, 5.74) is 1.00. The van der Waals surface area contributed by atoms with Gasteiger partial charge in [-0.3, -0.25) is 4.79 Å². The van der Waals surface area contributed by atoms with Crippen LogP contribution in [0.4, 0.5) is 0 Å². The van der Waals surface area contributed by atoms with Gasteiger partial charge in [0.25, 0.3) is 10.0 Å². The lowest BCUT2D eigenvalue weighted by Crippen LogP contribution is -2.50. The molecule has 0 saturated carbocycles. The highest BCUT2D eigenvalue weighted by atomic mass is 79.9. The maximum atomic E-state index is 12.8. The first-order valence-corrected chi connectivity index (χ1v) is 12.0. The van der Waals surface area contributed by atoms with Crippen molar-refractivity contribution in [2.75, 3.05) is 26.2 Å². The van der Waals surface area contributed by atoms with Crippen molar-refractivity contribution in [1.82, 2.24) is 9.21 Å². The molecule has 4 rings (SSSR count). The Kier molecular flexibility index (Phi) is 5.55. The van der Waals surface area contributed by atoms with E-state index >= 15 is 0 Å². The minimum Gasteiger partial charge on any atom is -0.340 e. The van der Waals surface area contributed by atoms with E-state index in [9.17, 15) is 13.2 Å². The maximum absolute atomic E-state index is 12.8. The Morgan fingerprint density at radius 1 is 0.964 bits per heavy atom. The van der Waals surface area contributed by atoms with Gasteiger partial charge in [-0.2, -0.15) is 4.31 Å². The predicted molar refractivity (Wildman–Crippen MR) is 115 cm³/mol. The minimum atomic E-state index is -3.49. The first-order valence-electron chi connectivity index (χ1n) is 8.95. The zero-order chi connectivity index (χ0) is 19.7. The summed E-state index contributed by atoms with van der Waals surface area (Å²) >= 11 is 4.51. The fraction of sp³-hybridized carbons (Fsp3) is 0.250. The van der Waals surface area contributed by atoms with Crippen LogP contribution in [0.3, 0.4) is 0 Å². The van der Waals surface area contributed by atoms with E-state index in [0.717, 1.165) is 20.1 Å². The molecule has 0 atom stereocenters. The maximum Gasteiger partial charge on any atom is 0.252 e. The van der Waals surface area contributed by atoms with Gasteiger partial charge < -0.3 is 4.90 Å². The number of sulfonamides is 1. The van der Waals surface area contributed by atoms with Gasteiger partial charge in [0, 0.05) is 26.2 Å². The summed E-state index contributed by atoms with van der Waals surface area (Å²) in [6, 6.07) is 17.4. The molecule has 0 unspecified atom stereocenters. The van der Waals surface area contributed by atoms with Crippen molar-refractivity contribution in [1.29, 1.82) is 0 Å². The molecule has 0 bridgehead atoms. The van der Waals surface area contributed by atoms with E-state index < -0.39 is 10.0 Å². The highest BCUT2D eigenvalue weighted by Crippen LogP contribution is 2.29. The van der Waals surface area contributed by atoms with Crippen LogP contribution in [0.5, 0.6) is 0 Å². The molecule has 28 heavy (non-hydrogen) atoms. The van der Waals surface area contributed by atoms with Crippen LogP contribution < -0.4 is 0 Å². The van der Waals surface area contributed by atoms with Crippen LogP contribution in [0.15, 0.2) is 62.6 Å². The molecule has 5 nitrogen and oxygen atoms in total. The largest absolute Gasteiger partial charge is 0.340 e. The van der Waals surface area contributed by atoms with Crippen LogP contribution in [0, 0.1) is 0 Å². The molecule has 1 amide bonds. The van der Waals surface area contributed by atoms with Gasteiger partial charge in [-0.15, -0.1) is 11.3 Å². The predicted octanol–water partition coefficient (Wildman–Crippen LogP) is 3.74. The van der Waals surface area contributed by atoms with Crippen molar-refractivity contribution in [3.05, 3.63) is 63.9 Å². The number of hydrogen-bond donors (Lipinski definition) is 0. The average molecular weight is 479 g/mol. The molecule has 1 saturated heterocycles. The average Bonchev–Trinajstić information content (AvgIpc) is 3.15. The first kappa shape index (κ1) is 19.6. The molecule has 1 aliphatic rings. The van der Waals surface area contributed by atoms with Crippen molar-refractivity contribution in [3.8, 4) is 0 Å². The first-order chi connectivity index (χ1) is 13.4. The van der Waals surface area contributed by atoms with Crippen molar-refractivity contribution in [2.45, 2.75) is 10.6 Å². The van der Waals surface area contributed by atoms with Crippen LogP contribution in [0.2, 0.25) is 0 Å². The smallest absolute Gasteiger partial charge is 0.252 e. The highest BCUT2D eigenvalue weighted by molar-refractivity contribution is 9.11. The van der Waals surface area contributed by atoms with Gasteiger partial charge in [-0.1, -0.05) is 42.5 Å². The number of halogens is 1. The molecule has 0 aliphatic carbocycles. The summed E-state index contributed by atoms with van der Waals surface area (Å²) in [4.78, 5) is 14.6. The molecule has 8 heteroatoms. The number of benzene rings is 2. The van der Waals surface area contributed by atoms with E-state index in [0.29, 0.717) is 36.8 Å². The third kappa shape index (κ3) is 3.87. The Morgan fingerprint density at radius 2 is 1.68 bits per heavy atom. The second kappa shape index (κ2) is 7.94. The molecular formula is C20H19BrN2O3S2. The summed E-state index contributed by atoms with van der Waals surface area (Å²) in [6.45, 7) is 1.46. The molecule has 1 aromatic heterocycles. The minimum absolute atomic E-state index is 0.0345. The number of fused-ring (bicyclic) bond motifs is 1. The summed E-state index contributed by atoms with van der Waals surface area (Å²) in [6.07, 6.45) is 0.325. The molecule has 146 valence electrons. The van der Waals surface area contributed by atoms with Crippen LogP contribution in [-0.2, 0) is 21.2 Å². The molecule has 0 N–H and O–H groups in total. The Hall–Kier alpha value is -1.74. The van der Waals surface area contributed by atoms with Crippen molar-refractivity contribution in [3.63, 3.8) is 0 Å². The number of carbonyl (C=O) groups is 1. The zero-order valence-corrected chi connectivity index (χ0v) is 18.3. The highest BCUT2D eigenvalue weighted by Gasteiger charge is 2.31. The lowest BCUT2D eigenvalue weighted by Gasteiger charge is -2.33. The summed E-state index contributed by atoms with van der Waals surface area (Å²) < 4.78 is 28.0. The van der Waals surface area contributed by atoms with Crippen molar-refractivity contribution < 1.29 is 13.2 Å². The number of piperazine rings is 1. The van der Waals surface area contributed by atoms with E-state index in [1.807, 2.05) is 42.5 Å². The number of hydrogen-bond acceptors (Lipinski definition) is 4. The van der Waals surface area contributed by atoms with Gasteiger partial charge >= 0.3 is 0 Å². The van der Waals surface area contributed by atoms with E-state index in [4.69, 9.17) is 0 Å². The standard InChI is InChI=1S/C20H19BrN2O3S2/c21-18-8-9-20(27-18)28(25,26)23-12-10-22(11-13-23)19(24)14-16-6-3-5-15-4-1-2-7-17(15)16/h1-9H,10-14H2. The van der Waals surface area contributed by atoms with Gasteiger partial charge in [0.2, 0.25) is 5.91 Å². The quantitative estimate of drug-likeness (QED) is 0.573. The Labute approximate surface area is 176 Å². The van der Waals surface area contributed by atoms with Crippen LogP contribution in [-0.4, -0.2) is 49.7 Å². The fourth-order valence-electron chi connectivity index (χ4n) is 3.46. The lowest BCUT2D eigenvalue weighted by atomic mass is 10.0. The fourth-order valence-corrected chi connectivity index (χ4v) is 7.05. The third-order valence-corrected chi connectivity index (χ3v) is 8.95. The van der Waals surface area contributed by atoms with E-state index in [1.165, 1.54) is 15.6 Å². The molecule has 0 radical (unpaired) electrons. The number of nitrogens with zero attached hydrogens (tertiary/aromatic N) is 2. The molecule has 1 aliphatic heterocycles. The second-order valence-corrected chi connectivity index (χ2v) is 11.3. The van der Waals surface area contributed by atoms with Crippen LogP contribution in [0.25, 0.3) is 10.8 Å². The van der Waals surface area contributed by atoms with Crippen molar-refractivity contribution in [2.24, 2.45) is 0 Å². The number of carbonyl (C=O) groups excluding carboxylic acids is 1. The van der Waals surface area contributed by atoms with E-state index in [2.05, 4.69) is 15.9 Å². The summed E-state index contributed by atoms with van der Waals surface area (Å²) in [5.74, 6) is 0.0345. The third-order valence-electron chi connectivity index (χ3n) is 4.96. The number of thiophene rings is 1. The van der Waals surface area contributed by atoms with Crippen LogP contribution in [0.1, 0.15) is 5.56 Å². The second-order valence-electron chi connectivity index (χ2n) is 6.66. The van der Waals surface area contributed by atoms with Crippen LogP contribution >= 0.6 is 27.3 Å². The SMILES string of the molecule is O=C(Cc1cccc2ccccc12)N1CCN(S(=O)(=O)c2ccc(Br)s2)CC1. The topological polar surface area (TPSA) is 57.7 Å². The van der Waals surface area contributed by atoms with Gasteiger partial charge in [0.05, 0.1) is 10.2 Å². The molecule has 3 aromatic rings. The number of rotatable bonds is 4. The summed E-state index contributed by atoms with van der Waals surface area (Å²) in [7, 11) is -3.49. The molecular weight excluding hydrogens is 460 g/mol. The van der Waals surface area contributed by atoms with E-state index in [-0.39, 0.29) is 5.91 Å². The Bertz CT molecular complexity index is 1110. The molecule has 0 spiro atoms. The Morgan fingerprint density at radius 3 is 2.39 bits per heavy atom. The van der Waals surface area contributed by atoms with Gasteiger partial charge in [0.1, 0.15) is 4.21 Å². The van der Waals surface area contributed by atoms with Gasteiger partial charge in [0.15, 0.2) is 0 Å². The van der Waals surface area contributed by atoms with Gasteiger partial charge in [-0.05, 0) is 44.4 Å². The molecule has 2 heterocycles. The van der Waals surface area contributed by atoms with Crippen molar-refractivity contribution >= 4 is 54.0 Å². The lowest BCUT2D eigenvalue weighted by molar-refractivity contribution is -0.131. The number of amides is 1. The molecule has 2 aromatic carbocycles. The zero-order valence-electron chi connectivity index (χ0n) is 15.0. The monoisotopic (exact) mass is 478 g/mol. The normalized spacial score (nSPS) is 15.8. The summed E-state index contributed by atoms with van der Waals surface area (Å²) in [5, 5.41) is 2.20. The molecule has 1 fully saturated rings. The van der Waals surface area contributed by atoms with Gasteiger partial charge in [-0.25, -0.2) is 8.42 Å². The van der Waals surface area contributed by atoms with E-state index in [1.54, 1.807) is 17.0 Å².